The summed E-state index contributed by atoms with van der Waals surface area (Å²) in [7, 11) is 0. The highest BCUT2D eigenvalue weighted by Gasteiger charge is 1.92. The average molecular weight is 182 g/mol. The molecule has 0 saturated heterocycles. The van der Waals surface area contributed by atoms with Crippen molar-refractivity contribution in [2.45, 2.75) is 26.7 Å². The zero-order valence-electron chi connectivity index (χ0n) is 8.91. The van der Waals surface area contributed by atoms with Crippen molar-refractivity contribution in [1.29, 1.82) is 0 Å². The predicted octanol–water partition coefficient (Wildman–Crippen LogP) is 1.34. The monoisotopic (exact) mass is 182 g/mol. The van der Waals surface area contributed by atoms with Gasteiger partial charge in [-0.15, -0.1) is 0 Å². The summed E-state index contributed by atoms with van der Waals surface area (Å²) < 4.78 is 7.55. The first-order valence-corrected chi connectivity index (χ1v) is 3.98. The van der Waals surface area contributed by atoms with Crippen LogP contribution in [0.1, 0.15) is 28.0 Å². The third kappa shape index (κ3) is 7.00. The lowest BCUT2D eigenvalue weighted by atomic mass is 10.1. The van der Waals surface area contributed by atoms with Crippen LogP contribution in [0.25, 0.3) is 0 Å². The Labute approximate surface area is 79.7 Å². The number of aldehydes is 1. The van der Waals surface area contributed by atoms with Crippen molar-refractivity contribution in [2.24, 2.45) is 5.73 Å². The molecule has 2 N–H and O–H groups in total. The molecule has 1 amide bonds. The number of rotatable bonds is 5. The number of hydrogen-bond donors (Lipinski definition) is 1. The van der Waals surface area contributed by atoms with Gasteiger partial charge in [0.05, 0.1) is 0 Å². The van der Waals surface area contributed by atoms with Gasteiger partial charge < -0.3 is 5.73 Å². The Morgan fingerprint density at radius 1 is 1.54 bits per heavy atom. The normalized spacial score (nSPS) is 16.3. The minimum Gasteiger partial charge on any atom is -0.366 e. The van der Waals surface area contributed by atoms with Crippen LogP contribution >= 0.6 is 0 Å². The maximum absolute atomic E-state index is 10.5. The molecular formula is C10H15NO2. The molecule has 0 aliphatic rings. The summed E-state index contributed by atoms with van der Waals surface area (Å²) in [5.41, 5.74) is 6.22. The maximum atomic E-state index is 10.5. The summed E-state index contributed by atoms with van der Waals surface area (Å²) in [4.78, 5) is 20.7. The molecule has 0 heterocycles. The third-order valence-electron chi connectivity index (χ3n) is 1.40. The smallest absolute Gasteiger partial charge is 0.241 e. The molecule has 1 atom stereocenters. The molecule has 0 aromatic carbocycles. The van der Waals surface area contributed by atoms with Crippen molar-refractivity contribution in [2.75, 3.05) is 0 Å². The first kappa shape index (κ1) is 9.71. The van der Waals surface area contributed by atoms with Crippen LogP contribution in [-0.2, 0) is 9.59 Å². The van der Waals surface area contributed by atoms with Crippen LogP contribution in [0.3, 0.4) is 0 Å². The molecule has 0 fully saturated rings. The van der Waals surface area contributed by atoms with E-state index in [2.05, 4.69) is 0 Å². The summed E-state index contributed by atoms with van der Waals surface area (Å²) in [5.74, 6) is -0.509. The second-order valence-electron chi connectivity index (χ2n) is 2.86. The van der Waals surface area contributed by atoms with Crippen LogP contribution in [0.2, 0.25) is 0 Å². The molecule has 13 heavy (non-hydrogen) atoms. The largest absolute Gasteiger partial charge is 0.366 e. The molecular weight excluding hydrogens is 166 g/mol. The molecule has 0 aliphatic carbocycles. The number of amides is 1. The minimum absolute atomic E-state index is 0.411. The molecule has 72 valence electrons. The number of nitrogens with two attached hydrogens (primary N) is 1. The van der Waals surface area contributed by atoms with Crippen LogP contribution < -0.4 is 5.73 Å². The Kier molecular flexibility index (Phi) is 4.61. The Morgan fingerprint density at radius 3 is 2.62 bits per heavy atom. The van der Waals surface area contributed by atoms with Crippen LogP contribution in [0, 0.1) is 0 Å². The molecule has 0 aromatic heterocycles. The van der Waals surface area contributed by atoms with Crippen LogP contribution in [0.4, 0.5) is 0 Å². The van der Waals surface area contributed by atoms with Gasteiger partial charge in [0.25, 0.3) is 0 Å². The van der Waals surface area contributed by atoms with Gasteiger partial charge in [-0.25, -0.2) is 0 Å². The van der Waals surface area contributed by atoms with Crippen LogP contribution in [0.5, 0.6) is 0 Å². The van der Waals surface area contributed by atoms with E-state index in [1.807, 2.05) is 0 Å². The van der Waals surface area contributed by atoms with Gasteiger partial charge in [-0.2, -0.15) is 0 Å². The van der Waals surface area contributed by atoms with Crippen molar-refractivity contribution >= 4 is 12.2 Å². The van der Waals surface area contributed by atoms with Gasteiger partial charge in [-0.3, -0.25) is 9.59 Å². The van der Waals surface area contributed by atoms with E-state index in [-0.39, 0.29) is 0 Å². The van der Waals surface area contributed by atoms with Gasteiger partial charge in [0.1, 0.15) is 6.29 Å². The van der Waals surface area contributed by atoms with E-state index in [0.717, 1.165) is 5.57 Å². The molecule has 0 rings (SSSR count). The summed E-state index contributed by atoms with van der Waals surface area (Å²) in [6.07, 6.45) is 3.45. The highest BCUT2D eigenvalue weighted by Crippen LogP contribution is 2.05. The van der Waals surface area contributed by atoms with E-state index >= 15 is 0 Å². The number of carbonyl (C=O) groups excluding carboxylic acids is 2. The van der Waals surface area contributed by atoms with E-state index in [1.54, 1.807) is 19.9 Å². The highest BCUT2D eigenvalue weighted by molar-refractivity contribution is 5.86. The van der Waals surface area contributed by atoms with Gasteiger partial charge >= 0.3 is 0 Å². The molecule has 0 radical (unpaired) electrons. The van der Waals surface area contributed by atoms with Gasteiger partial charge in [-0.1, -0.05) is 11.6 Å². The molecule has 0 aromatic rings. The zero-order valence-corrected chi connectivity index (χ0v) is 7.91. The SMILES string of the molecule is [2H]C(C=C(C)C=O)C/C(C)=C\C(N)=O. The van der Waals surface area contributed by atoms with Crippen LogP contribution in [-0.4, -0.2) is 12.2 Å². The number of allylic oxidation sites excluding steroid dienone is 3. The van der Waals surface area contributed by atoms with E-state index in [0.29, 0.717) is 18.3 Å². The first-order valence-electron chi connectivity index (χ1n) is 4.56. The zero-order chi connectivity index (χ0) is 11.1. The molecule has 1 unspecified atom stereocenters. The Hall–Kier alpha value is -1.38. The lowest BCUT2D eigenvalue weighted by Gasteiger charge is -1.96. The van der Waals surface area contributed by atoms with Gasteiger partial charge in [0.2, 0.25) is 5.91 Å². The highest BCUT2D eigenvalue weighted by atomic mass is 16.1. The summed E-state index contributed by atoms with van der Waals surface area (Å²) in [6, 6.07) is 0. The van der Waals surface area contributed by atoms with Gasteiger partial charge in [0.15, 0.2) is 0 Å². The standard InChI is InChI=1S/C10H15NO2/c1-8(6-10(11)13)4-3-5-9(2)7-12/h5-7H,3-4H2,1-2H3,(H2,11,13)/b8-6-,9-5?/i3D. The van der Waals surface area contributed by atoms with Crippen molar-refractivity contribution in [3.63, 3.8) is 0 Å². The van der Waals surface area contributed by atoms with Crippen molar-refractivity contribution in [3.05, 3.63) is 23.3 Å². The van der Waals surface area contributed by atoms with E-state index in [9.17, 15) is 9.59 Å². The first-order chi connectivity index (χ1) is 6.45. The fourth-order valence-electron chi connectivity index (χ4n) is 0.772. The lowest BCUT2D eigenvalue weighted by Crippen LogP contribution is -2.06. The molecule has 0 spiro atoms. The summed E-state index contributed by atoms with van der Waals surface area (Å²) in [6.45, 7) is 3.37. The molecule has 3 heteroatoms. The second-order valence-corrected chi connectivity index (χ2v) is 2.86. The van der Waals surface area contributed by atoms with E-state index in [1.165, 1.54) is 6.08 Å². The molecule has 3 nitrogen and oxygen atoms in total. The van der Waals surface area contributed by atoms with Gasteiger partial charge in [-0.05, 0) is 32.2 Å². The predicted molar refractivity (Wildman–Crippen MR) is 52.0 cm³/mol. The molecule has 0 bridgehead atoms. The summed E-state index contributed by atoms with van der Waals surface area (Å²) >= 11 is 0. The topological polar surface area (TPSA) is 60.2 Å². The fourth-order valence-corrected chi connectivity index (χ4v) is 0.772. The minimum atomic E-state index is -0.509. The fraction of sp³-hybridized carbons (Fsp3) is 0.400. The Bertz CT molecular complexity index is 282. The van der Waals surface area contributed by atoms with Crippen LogP contribution in [0.15, 0.2) is 23.3 Å². The van der Waals surface area contributed by atoms with Gasteiger partial charge in [0, 0.05) is 7.45 Å². The Balaban J connectivity index is 4.26. The Morgan fingerprint density at radius 2 is 2.15 bits per heavy atom. The third-order valence-corrected chi connectivity index (χ3v) is 1.40. The van der Waals surface area contributed by atoms with Crippen molar-refractivity contribution < 1.29 is 11.0 Å². The average Bonchev–Trinajstić information content (AvgIpc) is 2.01. The second kappa shape index (κ2) is 6.17. The quantitative estimate of drug-likeness (QED) is 0.515. The summed E-state index contributed by atoms with van der Waals surface area (Å²) in [5, 5.41) is 0. The maximum Gasteiger partial charge on any atom is 0.241 e. The number of hydrogen-bond acceptors (Lipinski definition) is 2. The van der Waals surface area contributed by atoms with E-state index in [4.69, 9.17) is 7.10 Å². The lowest BCUT2D eigenvalue weighted by molar-refractivity contribution is -0.113. The molecule has 0 saturated carbocycles. The number of carbonyl (C=O) groups is 2. The number of primary amides is 1. The van der Waals surface area contributed by atoms with Crippen molar-refractivity contribution in [1.82, 2.24) is 0 Å². The van der Waals surface area contributed by atoms with E-state index < -0.39 is 12.3 Å². The van der Waals surface area contributed by atoms with Crippen molar-refractivity contribution in [3.8, 4) is 0 Å². The molecule has 0 aliphatic heterocycles.